The molecule has 0 bridgehead atoms. The van der Waals surface area contributed by atoms with E-state index in [-0.39, 0.29) is 5.91 Å². The zero-order valence-electron chi connectivity index (χ0n) is 11.2. The van der Waals surface area contributed by atoms with Crippen LogP contribution in [0.15, 0.2) is 30.3 Å². The number of rotatable bonds is 5. The summed E-state index contributed by atoms with van der Waals surface area (Å²) in [6.45, 7) is 3.17. The van der Waals surface area contributed by atoms with E-state index in [1.807, 2.05) is 30.3 Å². The molecule has 0 radical (unpaired) electrons. The largest absolute Gasteiger partial charge is 0.356 e. The van der Waals surface area contributed by atoms with E-state index >= 15 is 0 Å². The molecular formula is C16H23NO. The number of carbonyl (C=O) groups is 1. The molecule has 0 spiro atoms. The predicted molar refractivity (Wildman–Crippen MR) is 74.3 cm³/mol. The minimum Gasteiger partial charge on any atom is -0.356 e. The minimum atomic E-state index is 0.141. The first-order valence-electron chi connectivity index (χ1n) is 6.99. The van der Waals surface area contributed by atoms with E-state index in [0.717, 1.165) is 18.5 Å². The van der Waals surface area contributed by atoms with Crippen molar-refractivity contribution in [1.29, 1.82) is 0 Å². The summed E-state index contributed by atoms with van der Waals surface area (Å²) in [5.74, 6) is 0.141. The number of benzene rings is 1. The van der Waals surface area contributed by atoms with Crippen LogP contribution in [0.3, 0.4) is 0 Å². The van der Waals surface area contributed by atoms with E-state index < -0.39 is 0 Å². The van der Waals surface area contributed by atoms with Crippen molar-refractivity contribution < 1.29 is 4.79 Å². The highest BCUT2D eigenvalue weighted by molar-refractivity contribution is 5.78. The molecule has 1 amide bonds. The molecule has 2 heteroatoms. The van der Waals surface area contributed by atoms with Gasteiger partial charge in [0.15, 0.2) is 0 Å². The summed E-state index contributed by atoms with van der Waals surface area (Å²) in [5, 5.41) is 3.04. The Morgan fingerprint density at radius 3 is 2.56 bits per heavy atom. The smallest absolute Gasteiger partial charge is 0.224 e. The summed E-state index contributed by atoms with van der Waals surface area (Å²) in [5.41, 5.74) is 1.56. The van der Waals surface area contributed by atoms with Crippen LogP contribution in [0.5, 0.6) is 0 Å². The number of hydrogen-bond donors (Lipinski definition) is 1. The third-order valence-electron chi connectivity index (χ3n) is 4.07. The van der Waals surface area contributed by atoms with Gasteiger partial charge in [-0.3, -0.25) is 4.79 Å². The van der Waals surface area contributed by atoms with E-state index in [2.05, 4.69) is 12.2 Å². The van der Waals surface area contributed by atoms with E-state index in [1.54, 1.807) is 0 Å². The third-order valence-corrected chi connectivity index (χ3v) is 4.07. The molecule has 0 saturated heterocycles. The summed E-state index contributed by atoms with van der Waals surface area (Å²) in [6.07, 6.45) is 6.97. The Kier molecular flexibility index (Phi) is 4.40. The summed E-state index contributed by atoms with van der Waals surface area (Å²) in [4.78, 5) is 11.8. The third kappa shape index (κ3) is 3.86. The molecule has 98 valence electrons. The first-order valence-corrected chi connectivity index (χ1v) is 6.99. The van der Waals surface area contributed by atoms with Crippen molar-refractivity contribution in [2.45, 2.75) is 45.4 Å². The molecule has 0 atom stereocenters. The van der Waals surface area contributed by atoms with Crippen LogP contribution in [-0.4, -0.2) is 12.5 Å². The first kappa shape index (κ1) is 13.1. The monoisotopic (exact) mass is 245 g/mol. The van der Waals surface area contributed by atoms with Crippen LogP contribution in [-0.2, 0) is 11.2 Å². The molecule has 1 aromatic carbocycles. The van der Waals surface area contributed by atoms with Crippen molar-refractivity contribution in [2.75, 3.05) is 6.54 Å². The molecule has 1 aliphatic carbocycles. The topological polar surface area (TPSA) is 29.1 Å². The highest BCUT2D eigenvalue weighted by Gasteiger charge is 2.27. The minimum absolute atomic E-state index is 0.141. The standard InChI is InChI=1S/C16H23NO/c1-16(9-5-6-10-16)11-12-17-15(18)13-14-7-3-2-4-8-14/h2-4,7-8H,5-6,9-13H2,1H3,(H,17,18). The quantitative estimate of drug-likeness (QED) is 0.847. The van der Waals surface area contributed by atoms with Gasteiger partial charge < -0.3 is 5.32 Å². The second-order valence-electron chi connectivity index (χ2n) is 5.78. The van der Waals surface area contributed by atoms with Crippen molar-refractivity contribution in [3.8, 4) is 0 Å². The van der Waals surface area contributed by atoms with Crippen LogP contribution in [0.4, 0.5) is 0 Å². The van der Waals surface area contributed by atoms with Gasteiger partial charge in [-0.25, -0.2) is 0 Å². The van der Waals surface area contributed by atoms with Gasteiger partial charge in [0.2, 0.25) is 5.91 Å². The van der Waals surface area contributed by atoms with Gasteiger partial charge in [0.05, 0.1) is 6.42 Å². The summed E-state index contributed by atoms with van der Waals surface area (Å²) in [7, 11) is 0. The van der Waals surface area contributed by atoms with Crippen molar-refractivity contribution >= 4 is 5.91 Å². The normalized spacial score (nSPS) is 17.6. The maximum atomic E-state index is 11.8. The van der Waals surface area contributed by atoms with Gasteiger partial charge in [0.25, 0.3) is 0 Å². The highest BCUT2D eigenvalue weighted by Crippen LogP contribution is 2.39. The van der Waals surface area contributed by atoms with Crippen LogP contribution < -0.4 is 5.32 Å². The van der Waals surface area contributed by atoms with Crippen LogP contribution in [0, 0.1) is 5.41 Å². The van der Waals surface area contributed by atoms with Gasteiger partial charge in [-0.2, -0.15) is 0 Å². The van der Waals surface area contributed by atoms with Gasteiger partial charge >= 0.3 is 0 Å². The Morgan fingerprint density at radius 1 is 1.22 bits per heavy atom. The molecule has 0 unspecified atom stereocenters. The fourth-order valence-corrected chi connectivity index (χ4v) is 2.83. The Bertz CT molecular complexity index is 379. The lowest BCUT2D eigenvalue weighted by Gasteiger charge is -2.23. The number of carbonyl (C=O) groups excluding carboxylic acids is 1. The molecule has 1 N–H and O–H groups in total. The van der Waals surface area contributed by atoms with Crippen LogP contribution >= 0.6 is 0 Å². The zero-order chi connectivity index (χ0) is 12.8. The molecule has 1 aromatic rings. The van der Waals surface area contributed by atoms with Crippen molar-refractivity contribution in [1.82, 2.24) is 5.32 Å². The van der Waals surface area contributed by atoms with Crippen LogP contribution in [0.2, 0.25) is 0 Å². The SMILES string of the molecule is CC1(CCNC(=O)Cc2ccccc2)CCCC1. The Labute approximate surface area is 110 Å². The first-order chi connectivity index (χ1) is 8.68. The number of amides is 1. The maximum Gasteiger partial charge on any atom is 0.224 e. The summed E-state index contributed by atoms with van der Waals surface area (Å²) < 4.78 is 0. The number of hydrogen-bond acceptors (Lipinski definition) is 1. The summed E-state index contributed by atoms with van der Waals surface area (Å²) in [6, 6.07) is 9.92. The fraction of sp³-hybridized carbons (Fsp3) is 0.562. The lowest BCUT2D eigenvalue weighted by Crippen LogP contribution is -2.29. The molecule has 2 nitrogen and oxygen atoms in total. The Hall–Kier alpha value is -1.31. The highest BCUT2D eigenvalue weighted by atomic mass is 16.1. The predicted octanol–water partition coefficient (Wildman–Crippen LogP) is 3.32. The molecule has 1 saturated carbocycles. The Balaban J connectivity index is 1.69. The average Bonchev–Trinajstić information content (AvgIpc) is 2.77. The van der Waals surface area contributed by atoms with Gasteiger partial charge in [-0.1, -0.05) is 50.1 Å². The van der Waals surface area contributed by atoms with Crippen molar-refractivity contribution in [3.05, 3.63) is 35.9 Å². The van der Waals surface area contributed by atoms with Gasteiger partial charge in [-0.05, 0) is 30.2 Å². The zero-order valence-corrected chi connectivity index (χ0v) is 11.2. The lowest BCUT2D eigenvalue weighted by molar-refractivity contribution is -0.120. The molecular weight excluding hydrogens is 222 g/mol. The molecule has 0 aromatic heterocycles. The summed E-state index contributed by atoms with van der Waals surface area (Å²) >= 11 is 0. The van der Waals surface area contributed by atoms with Crippen LogP contribution in [0.1, 0.15) is 44.6 Å². The van der Waals surface area contributed by atoms with Crippen molar-refractivity contribution in [3.63, 3.8) is 0 Å². The molecule has 1 fully saturated rings. The van der Waals surface area contributed by atoms with Gasteiger partial charge in [-0.15, -0.1) is 0 Å². The number of nitrogens with one attached hydrogen (secondary N) is 1. The van der Waals surface area contributed by atoms with E-state index in [1.165, 1.54) is 25.7 Å². The molecule has 1 aliphatic rings. The van der Waals surface area contributed by atoms with E-state index in [9.17, 15) is 4.79 Å². The molecule has 18 heavy (non-hydrogen) atoms. The fourth-order valence-electron chi connectivity index (χ4n) is 2.83. The van der Waals surface area contributed by atoms with Crippen LogP contribution in [0.25, 0.3) is 0 Å². The second-order valence-corrected chi connectivity index (χ2v) is 5.78. The van der Waals surface area contributed by atoms with E-state index in [0.29, 0.717) is 11.8 Å². The molecule has 0 heterocycles. The lowest BCUT2D eigenvalue weighted by atomic mass is 9.85. The van der Waals surface area contributed by atoms with Gasteiger partial charge in [0, 0.05) is 6.54 Å². The van der Waals surface area contributed by atoms with Gasteiger partial charge in [0.1, 0.15) is 0 Å². The molecule has 2 rings (SSSR count). The Morgan fingerprint density at radius 2 is 1.89 bits per heavy atom. The molecule has 0 aliphatic heterocycles. The second kappa shape index (κ2) is 6.03. The maximum absolute atomic E-state index is 11.8. The van der Waals surface area contributed by atoms with E-state index in [4.69, 9.17) is 0 Å². The average molecular weight is 245 g/mol. The van der Waals surface area contributed by atoms with Crippen molar-refractivity contribution in [2.24, 2.45) is 5.41 Å².